The Hall–Kier alpha value is -1.56. The molecule has 0 aliphatic carbocycles. The first-order valence-corrected chi connectivity index (χ1v) is 14.7. The van der Waals surface area contributed by atoms with Crippen LogP contribution in [0.4, 0.5) is 0 Å². The Bertz CT molecular complexity index is 1370. The fraction of sp³-hybridized carbons (Fsp3) is 0.478. The predicted molar refractivity (Wildman–Crippen MR) is 137 cm³/mol. The van der Waals surface area contributed by atoms with Crippen LogP contribution in [-0.4, -0.2) is 49.5 Å². The molecule has 1 aliphatic heterocycles. The first-order valence-electron chi connectivity index (χ1n) is 11.2. The van der Waals surface area contributed by atoms with Crippen LogP contribution in [0.25, 0.3) is 10.2 Å². The second kappa shape index (κ2) is 10.6. The normalized spacial score (nSPS) is 18.1. The quantitative estimate of drug-likeness (QED) is 0.409. The number of aryl methyl sites for hydroxylation is 2. The minimum atomic E-state index is -3.68. The molecule has 1 amide bonds. The number of hydrogen-bond donors (Lipinski definition) is 0. The molecule has 34 heavy (non-hydrogen) atoms. The number of fused-ring (bicyclic) bond motifs is 1. The number of thiazole rings is 1. The molecule has 1 unspecified atom stereocenters. The number of ether oxygens (including phenoxy) is 1. The number of nitrogens with zero attached hydrogens (tertiary/aromatic N) is 3. The summed E-state index contributed by atoms with van der Waals surface area (Å²) in [7, 11) is -3.68. The van der Waals surface area contributed by atoms with Gasteiger partial charge in [-0.25, -0.2) is 8.42 Å². The van der Waals surface area contributed by atoms with Crippen molar-refractivity contribution in [3.8, 4) is 0 Å². The van der Waals surface area contributed by atoms with E-state index in [1.165, 1.54) is 21.7 Å². The first kappa shape index (κ1) is 25.5. The summed E-state index contributed by atoms with van der Waals surface area (Å²) < 4.78 is 36.8. The standard InChI is InChI=1S/C23H28ClN3O4S3/c1-4-31-11-10-27-18-13-15(2)12-16(3)21(18)33-23(27)25-22(28)17-6-5-9-26(14-17)34(29,30)20-8-7-19(24)32-20/h7-8,12-13,17H,4-6,9-11,14H2,1-3H3. The van der Waals surface area contributed by atoms with Crippen LogP contribution in [0.15, 0.2) is 33.5 Å². The molecule has 1 saturated heterocycles. The highest BCUT2D eigenvalue weighted by Gasteiger charge is 2.34. The molecule has 0 N–H and O–H groups in total. The van der Waals surface area contributed by atoms with Gasteiger partial charge in [0.05, 0.1) is 27.1 Å². The third-order valence-electron chi connectivity index (χ3n) is 5.86. The zero-order valence-corrected chi connectivity index (χ0v) is 22.6. The van der Waals surface area contributed by atoms with Crippen LogP contribution in [0, 0.1) is 19.8 Å². The molecule has 0 saturated carbocycles. The number of benzene rings is 1. The van der Waals surface area contributed by atoms with Gasteiger partial charge in [0.2, 0.25) is 0 Å². The Balaban J connectivity index is 1.64. The van der Waals surface area contributed by atoms with Crippen LogP contribution in [-0.2, 0) is 26.1 Å². The third kappa shape index (κ3) is 5.32. The van der Waals surface area contributed by atoms with E-state index >= 15 is 0 Å². The van der Waals surface area contributed by atoms with Crippen LogP contribution in [0.3, 0.4) is 0 Å². The topological polar surface area (TPSA) is 81.0 Å². The molecule has 184 valence electrons. The average molecular weight is 542 g/mol. The maximum Gasteiger partial charge on any atom is 0.252 e. The summed E-state index contributed by atoms with van der Waals surface area (Å²) in [6, 6.07) is 7.32. The highest BCUT2D eigenvalue weighted by molar-refractivity contribution is 7.91. The van der Waals surface area contributed by atoms with Crippen LogP contribution in [0.5, 0.6) is 0 Å². The van der Waals surface area contributed by atoms with Crippen molar-refractivity contribution in [3.05, 3.63) is 44.5 Å². The lowest BCUT2D eigenvalue weighted by atomic mass is 9.99. The highest BCUT2D eigenvalue weighted by atomic mass is 35.5. The van der Waals surface area contributed by atoms with Crippen molar-refractivity contribution in [2.45, 2.75) is 44.4 Å². The number of amides is 1. The molecule has 3 heterocycles. The van der Waals surface area contributed by atoms with Crippen molar-refractivity contribution in [3.63, 3.8) is 0 Å². The largest absolute Gasteiger partial charge is 0.380 e. The van der Waals surface area contributed by atoms with Crippen molar-refractivity contribution in [1.82, 2.24) is 8.87 Å². The van der Waals surface area contributed by atoms with Gasteiger partial charge < -0.3 is 9.30 Å². The van der Waals surface area contributed by atoms with Crippen molar-refractivity contribution < 1.29 is 17.9 Å². The maximum atomic E-state index is 13.2. The minimum absolute atomic E-state index is 0.127. The van der Waals surface area contributed by atoms with Crippen LogP contribution >= 0.6 is 34.3 Å². The molecular formula is C23H28ClN3O4S3. The van der Waals surface area contributed by atoms with E-state index in [2.05, 4.69) is 31.0 Å². The van der Waals surface area contributed by atoms with Crippen molar-refractivity contribution in [2.24, 2.45) is 10.9 Å². The van der Waals surface area contributed by atoms with Gasteiger partial charge in [-0.2, -0.15) is 9.30 Å². The highest BCUT2D eigenvalue weighted by Crippen LogP contribution is 2.31. The van der Waals surface area contributed by atoms with Gasteiger partial charge in [-0.1, -0.05) is 29.0 Å². The summed E-state index contributed by atoms with van der Waals surface area (Å²) in [5.74, 6) is -0.762. The van der Waals surface area contributed by atoms with Gasteiger partial charge >= 0.3 is 0 Å². The van der Waals surface area contributed by atoms with E-state index in [1.807, 2.05) is 11.5 Å². The molecule has 1 fully saturated rings. The molecule has 3 aromatic rings. The molecule has 0 spiro atoms. The van der Waals surface area contributed by atoms with Crippen LogP contribution in [0.1, 0.15) is 30.9 Å². The van der Waals surface area contributed by atoms with Gasteiger partial charge in [0.25, 0.3) is 15.9 Å². The maximum absolute atomic E-state index is 13.2. The van der Waals surface area contributed by atoms with E-state index in [4.69, 9.17) is 16.3 Å². The van der Waals surface area contributed by atoms with Gasteiger partial charge in [-0.3, -0.25) is 4.79 Å². The number of carbonyl (C=O) groups is 1. The van der Waals surface area contributed by atoms with Crippen molar-refractivity contribution in [1.29, 1.82) is 0 Å². The summed E-state index contributed by atoms with van der Waals surface area (Å²) in [6.07, 6.45) is 1.22. The number of aromatic nitrogens is 1. The van der Waals surface area contributed by atoms with Crippen LogP contribution in [0.2, 0.25) is 4.34 Å². The lowest BCUT2D eigenvalue weighted by molar-refractivity contribution is -0.122. The SMILES string of the molecule is CCOCCn1c(=NC(=O)C2CCCN(S(=O)(=O)c3ccc(Cl)s3)C2)sc2c(C)cc(C)cc21. The van der Waals surface area contributed by atoms with E-state index in [-0.39, 0.29) is 16.7 Å². The van der Waals surface area contributed by atoms with E-state index in [0.717, 1.165) is 32.7 Å². The number of sulfonamides is 1. The van der Waals surface area contributed by atoms with E-state index < -0.39 is 15.9 Å². The summed E-state index contributed by atoms with van der Waals surface area (Å²) >= 11 is 8.47. The Kier molecular flexibility index (Phi) is 7.95. The molecular weight excluding hydrogens is 514 g/mol. The molecule has 7 nitrogen and oxygen atoms in total. The fourth-order valence-corrected chi connectivity index (χ4v) is 8.50. The van der Waals surface area contributed by atoms with Gasteiger partial charge in [-0.15, -0.1) is 11.3 Å². The molecule has 1 atom stereocenters. The summed E-state index contributed by atoms with van der Waals surface area (Å²) in [5.41, 5.74) is 3.33. The van der Waals surface area contributed by atoms with E-state index in [0.29, 0.717) is 48.3 Å². The molecule has 1 aromatic carbocycles. The fourth-order valence-electron chi connectivity index (χ4n) is 4.23. The van der Waals surface area contributed by atoms with Crippen LogP contribution < -0.4 is 4.80 Å². The Morgan fingerprint density at radius 1 is 1.26 bits per heavy atom. The molecule has 1 aliphatic rings. The van der Waals surface area contributed by atoms with Gasteiger partial charge in [0.1, 0.15) is 4.21 Å². The number of halogens is 1. The number of thiophene rings is 1. The first-order chi connectivity index (χ1) is 16.2. The van der Waals surface area contributed by atoms with Gasteiger partial charge in [-0.05, 0) is 62.9 Å². The second-order valence-electron chi connectivity index (χ2n) is 8.37. The zero-order valence-electron chi connectivity index (χ0n) is 19.4. The Morgan fingerprint density at radius 2 is 2.06 bits per heavy atom. The summed E-state index contributed by atoms with van der Waals surface area (Å²) in [5, 5.41) is 0. The molecule has 4 rings (SSSR count). The molecule has 0 bridgehead atoms. The Morgan fingerprint density at radius 3 is 2.76 bits per heavy atom. The lowest BCUT2D eigenvalue weighted by Gasteiger charge is -2.29. The third-order valence-corrected chi connectivity index (χ3v) is 10.7. The monoisotopic (exact) mass is 541 g/mol. The van der Waals surface area contributed by atoms with Gasteiger partial charge in [0, 0.05) is 26.2 Å². The predicted octanol–water partition coefficient (Wildman–Crippen LogP) is 4.60. The summed E-state index contributed by atoms with van der Waals surface area (Å²) in [6.45, 7) is 8.31. The lowest BCUT2D eigenvalue weighted by Crippen LogP contribution is -2.42. The summed E-state index contributed by atoms with van der Waals surface area (Å²) in [4.78, 5) is 18.4. The molecule has 11 heteroatoms. The smallest absolute Gasteiger partial charge is 0.252 e. The van der Waals surface area contributed by atoms with Crippen molar-refractivity contribution >= 4 is 60.4 Å². The second-order valence-corrected chi connectivity index (χ2v) is 13.2. The number of rotatable bonds is 7. The minimum Gasteiger partial charge on any atom is -0.380 e. The molecule has 0 radical (unpaired) electrons. The molecule has 2 aromatic heterocycles. The zero-order chi connectivity index (χ0) is 24.5. The van der Waals surface area contributed by atoms with E-state index in [9.17, 15) is 13.2 Å². The number of carbonyl (C=O) groups excluding carboxylic acids is 1. The number of piperidine rings is 1. The average Bonchev–Trinajstić information content (AvgIpc) is 3.39. The Labute approximate surface area is 212 Å². The van der Waals surface area contributed by atoms with Crippen molar-refractivity contribution in [2.75, 3.05) is 26.3 Å². The number of hydrogen-bond acceptors (Lipinski definition) is 6. The van der Waals surface area contributed by atoms with E-state index in [1.54, 1.807) is 6.07 Å². The van der Waals surface area contributed by atoms with Gasteiger partial charge in [0.15, 0.2) is 4.80 Å².